The maximum absolute atomic E-state index is 13.7. The fourth-order valence-electron chi connectivity index (χ4n) is 2.82. The van der Waals surface area contributed by atoms with E-state index >= 15 is 0 Å². The van der Waals surface area contributed by atoms with Crippen molar-refractivity contribution in [1.82, 2.24) is 5.32 Å². The van der Waals surface area contributed by atoms with Crippen molar-refractivity contribution in [3.63, 3.8) is 0 Å². The molecule has 0 aromatic carbocycles. The number of rotatable bonds is 15. The van der Waals surface area contributed by atoms with Gasteiger partial charge < -0.3 is 5.32 Å². The van der Waals surface area contributed by atoms with E-state index in [0.29, 0.717) is 0 Å². The van der Waals surface area contributed by atoms with Gasteiger partial charge in [0.25, 0.3) is 0 Å². The molecular weight excluding hydrogens is 740 g/mol. The van der Waals surface area contributed by atoms with Crippen LogP contribution in [0.1, 0.15) is 25.7 Å². The van der Waals surface area contributed by atoms with E-state index in [1.54, 1.807) is 0 Å². The Morgan fingerprint density at radius 2 is 0.630 bits per heavy atom. The molecule has 2 nitrogen and oxygen atoms in total. The number of carbonyl (C=O) groups is 1. The lowest BCUT2D eigenvalue weighted by atomic mass is 9.88. The van der Waals surface area contributed by atoms with Gasteiger partial charge in [-0.05, 0) is 6.42 Å². The number of alkyl halides is 26. The van der Waals surface area contributed by atoms with Crippen LogP contribution in [-0.2, 0) is 4.79 Å². The van der Waals surface area contributed by atoms with Crippen LogP contribution < -0.4 is 5.32 Å². The molecule has 0 bridgehead atoms. The highest BCUT2D eigenvalue weighted by Gasteiger charge is 2.95. The Morgan fingerprint density at radius 1 is 0.370 bits per heavy atom. The highest BCUT2D eigenvalue weighted by molar-refractivity contribution is 5.75. The average Bonchev–Trinajstić information content (AvgIpc) is 2.83. The summed E-state index contributed by atoms with van der Waals surface area (Å²) < 4.78 is 338. The van der Waals surface area contributed by atoms with Crippen LogP contribution >= 0.6 is 0 Å². The second-order valence-corrected chi connectivity index (χ2v) is 8.95. The van der Waals surface area contributed by atoms with Crippen molar-refractivity contribution in [2.45, 2.75) is 97.3 Å². The third kappa shape index (κ3) is 6.66. The lowest BCUT2D eigenvalue weighted by Gasteiger charge is -2.42. The van der Waals surface area contributed by atoms with E-state index in [9.17, 15) is 119 Å². The zero-order chi connectivity index (χ0) is 37.8. The fourth-order valence-corrected chi connectivity index (χ4v) is 2.82. The highest BCUT2D eigenvalue weighted by atomic mass is 19.4. The number of amides is 1. The van der Waals surface area contributed by atoms with Gasteiger partial charge in [-0.1, -0.05) is 0 Å². The molecule has 0 fully saturated rings. The quantitative estimate of drug-likeness (QED) is 0.131. The standard InChI is InChI=1S/C18H11F26NO/c19-7(20,10(25,26)15(35,36)17(39,40)41)3-1-5-45-6(46)2-4-8(21,22)9(23,24)11(27,28)12(29,30)13(31,32)14(33,34)16(37,38)18(42,43)44/h1-5H2,(H,45,46). The van der Waals surface area contributed by atoms with E-state index in [0.717, 1.165) is 5.32 Å². The summed E-state index contributed by atoms with van der Waals surface area (Å²) in [6, 6.07) is 0. The van der Waals surface area contributed by atoms with E-state index in [-0.39, 0.29) is 0 Å². The van der Waals surface area contributed by atoms with Crippen LogP contribution in [0.15, 0.2) is 0 Å². The Labute approximate surface area is 235 Å². The minimum atomic E-state index is -8.90. The van der Waals surface area contributed by atoms with Crippen LogP contribution in [0.5, 0.6) is 0 Å². The molecule has 0 aromatic rings. The zero-order valence-corrected chi connectivity index (χ0v) is 20.8. The van der Waals surface area contributed by atoms with Gasteiger partial charge in [-0.2, -0.15) is 114 Å². The van der Waals surface area contributed by atoms with Gasteiger partial charge in [-0.25, -0.2) is 0 Å². The van der Waals surface area contributed by atoms with Crippen LogP contribution in [0.2, 0.25) is 0 Å². The average molecular weight is 751 g/mol. The summed E-state index contributed by atoms with van der Waals surface area (Å²) in [4.78, 5) is 11.3. The third-order valence-electron chi connectivity index (χ3n) is 5.65. The maximum Gasteiger partial charge on any atom is 0.460 e. The van der Waals surface area contributed by atoms with E-state index in [1.807, 2.05) is 0 Å². The molecule has 0 aliphatic carbocycles. The Morgan fingerprint density at radius 3 is 0.978 bits per heavy atom. The second-order valence-electron chi connectivity index (χ2n) is 8.95. The first-order valence-corrected chi connectivity index (χ1v) is 10.8. The molecule has 0 aliphatic heterocycles. The van der Waals surface area contributed by atoms with Crippen molar-refractivity contribution in [2.24, 2.45) is 0 Å². The summed E-state index contributed by atoms with van der Waals surface area (Å²) in [5.74, 6) is -81.8. The first-order valence-electron chi connectivity index (χ1n) is 10.8. The predicted molar refractivity (Wildman–Crippen MR) is 93.1 cm³/mol. The molecule has 276 valence electrons. The first-order chi connectivity index (χ1) is 19.6. The summed E-state index contributed by atoms with van der Waals surface area (Å²) in [5.41, 5.74) is 0. The Hall–Kier alpha value is -2.35. The normalized spacial score (nSPS) is 16.1. The van der Waals surface area contributed by atoms with Gasteiger partial charge in [0, 0.05) is 25.8 Å². The molecule has 0 radical (unpaired) electrons. The third-order valence-corrected chi connectivity index (χ3v) is 5.65. The Balaban J connectivity index is 5.80. The Bertz CT molecular complexity index is 1070. The minimum absolute atomic E-state index is 0.994. The molecular formula is C18H11F26NO. The van der Waals surface area contributed by atoms with Gasteiger partial charge >= 0.3 is 71.6 Å². The van der Waals surface area contributed by atoms with Gasteiger partial charge in [-0.3, -0.25) is 4.79 Å². The summed E-state index contributed by atoms with van der Waals surface area (Å²) in [6.07, 6.45) is -25.4. The van der Waals surface area contributed by atoms with Crippen LogP contribution in [0.25, 0.3) is 0 Å². The highest BCUT2D eigenvalue weighted by Crippen LogP contribution is 2.64. The lowest BCUT2D eigenvalue weighted by Crippen LogP contribution is -2.74. The Kier molecular flexibility index (Phi) is 11.3. The molecule has 1 N–H and O–H groups in total. The van der Waals surface area contributed by atoms with Crippen molar-refractivity contribution in [2.75, 3.05) is 6.54 Å². The summed E-state index contributed by atoms with van der Waals surface area (Å²) in [7, 11) is 0. The SMILES string of the molecule is O=C(CCC(F)(F)C(F)(F)C(F)(F)C(F)(F)C(F)(F)C(F)(F)C(F)(F)C(F)(F)F)NCCCC(F)(F)C(F)(F)C(F)(F)C(F)(F)F. The van der Waals surface area contributed by atoms with E-state index in [1.165, 1.54) is 0 Å². The van der Waals surface area contributed by atoms with Gasteiger partial charge in [-0.15, -0.1) is 0 Å². The molecule has 0 spiro atoms. The van der Waals surface area contributed by atoms with Crippen LogP contribution in [0.4, 0.5) is 114 Å². The molecule has 0 heterocycles. The molecule has 46 heavy (non-hydrogen) atoms. The molecule has 0 saturated heterocycles. The van der Waals surface area contributed by atoms with E-state index in [4.69, 9.17) is 0 Å². The van der Waals surface area contributed by atoms with Crippen molar-refractivity contribution in [3.8, 4) is 0 Å². The smallest absolute Gasteiger partial charge is 0.356 e. The number of hydrogen-bond acceptors (Lipinski definition) is 1. The zero-order valence-electron chi connectivity index (χ0n) is 20.8. The van der Waals surface area contributed by atoms with Crippen LogP contribution in [0, 0.1) is 0 Å². The number of nitrogens with one attached hydrogen (secondary N) is 1. The van der Waals surface area contributed by atoms with Gasteiger partial charge in [0.05, 0.1) is 0 Å². The number of hydrogen-bond donors (Lipinski definition) is 1. The summed E-state index contributed by atoms with van der Waals surface area (Å²) in [5, 5.41) is 0.994. The summed E-state index contributed by atoms with van der Waals surface area (Å²) in [6.45, 7) is -1.63. The minimum Gasteiger partial charge on any atom is -0.356 e. The number of halogens is 26. The summed E-state index contributed by atoms with van der Waals surface area (Å²) >= 11 is 0. The van der Waals surface area contributed by atoms with Crippen LogP contribution in [0.3, 0.4) is 0 Å². The van der Waals surface area contributed by atoms with Crippen molar-refractivity contribution in [3.05, 3.63) is 0 Å². The molecule has 0 aromatic heterocycles. The van der Waals surface area contributed by atoms with Crippen LogP contribution in [-0.4, -0.2) is 84.0 Å². The molecule has 28 heteroatoms. The number of carbonyl (C=O) groups excluding carboxylic acids is 1. The van der Waals surface area contributed by atoms with Crippen molar-refractivity contribution < 1.29 is 119 Å². The molecule has 0 atom stereocenters. The topological polar surface area (TPSA) is 29.1 Å². The maximum atomic E-state index is 13.7. The van der Waals surface area contributed by atoms with Crippen molar-refractivity contribution in [1.29, 1.82) is 0 Å². The van der Waals surface area contributed by atoms with Crippen molar-refractivity contribution >= 4 is 5.91 Å². The largest absolute Gasteiger partial charge is 0.460 e. The lowest BCUT2D eigenvalue weighted by molar-refractivity contribution is -0.461. The van der Waals surface area contributed by atoms with Gasteiger partial charge in [0.1, 0.15) is 0 Å². The predicted octanol–water partition coefficient (Wildman–Crippen LogP) is 9.14. The first kappa shape index (κ1) is 43.6. The van der Waals surface area contributed by atoms with E-state index < -0.39 is 110 Å². The molecule has 0 rings (SSSR count). The fraction of sp³-hybridized carbons (Fsp3) is 0.944. The molecule has 0 saturated carbocycles. The van der Waals surface area contributed by atoms with Gasteiger partial charge in [0.2, 0.25) is 5.91 Å². The monoisotopic (exact) mass is 751 g/mol. The molecule has 0 unspecified atom stereocenters. The van der Waals surface area contributed by atoms with Gasteiger partial charge in [0.15, 0.2) is 0 Å². The molecule has 0 aliphatic rings. The van der Waals surface area contributed by atoms with E-state index in [2.05, 4.69) is 0 Å². The second kappa shape index (κ2) is 12.0. The molecule has 1 amide bonds.